The van der Waals surface area contributed by atoms with Crippen LogP contribution in [-0.4, -0.2) is 45.2 Å². The second-order valence-corrected chi connectivity index (χ2v) is 6.95. The topological polar surface area (TPSA) is 155 Å². The number of aromatic amines is 2. The zero-order valence-corrected chi connectivity index (χ0v) is 17.7. The van der Waals surface area contributed by atoms with Crippen LogP contribution in [0.5, 0.6) is 11.6 Å². The van der Waals surface area contributed by atoms with Crippen LogP contribution >= 0.6 is 0 Å². The lowest BCUT2D eigenvalue weighted by Gasteiger charge is -2.16. The molecule has 2 aromatic heterocycles. The lowest BCUT2D eigenvalue weighted by atomic mass is 10.2. The van der Waals surface area contributed by atoms with Gasteiger partial charge in [0.25, 0.3) is 0 Å². The highest BCUT2D eigenvalue weighted by Crippen LogP contribution is 2.22. The Balaban J connectivity index is 1.47. The summed E-state index contributed by atoms with van der Waals surface area (Å²) in [6, 6.07) is 10.2. The second-order valence-electron chi connectivity index (χ2n) is 6.95. The van der Waals surface area contributed by atoms with Gasteiger partial charge in [0, 0.05) is 30.2 Å². The van der Waals surface area contributed by atoms with Gasteiger partial charge in [-0.1, -0.05) is 0 Å². The number of hydrogen-bond acceptors (Lipinski definition) is 7. The number of anilines is 1. The van der Waals surface area contributed by atoms with E-state index in [-0.39, 0.29) is 18.8 Å². The number of nitrogens with one attached hydrogen (secondary N) is 3. The van der Waals surface area contributed by atoms with Gasteiger partial charge in [-0.05, 0) is 50.3 Å². The number of primary amides is 1. The Hall–Kier alpha value is -4.05. The number of benzene rings is 1. The summed E-state index contributed by atoms with van der Waals surface area (Å²) < 4.78 is 11.3. The maximum absolute atomic E-state index is 11.4. The fraction of sp³-hybridized carbons (Fsp3) is 0.227. The van der Waals surface area contributed by atoms with Gasteiger partial charge >= 0.3 is 5.69 Å². The van der Waals surface area contributed by atoms with Crippen molar-refractivity contribution in [2.24, 2.45) is 5.73 Å². The molecular weight excluding hydrogens is 414 g/mol. The van der Waals surface area contributed by atoms with Gasteiger partial charge in [-0.25, -0.2) is 9.78 Å². The highest BCUT2D eigenvalue weighted by molar-refractivity contribution is 5.92. The van der Waals surface area contributed by atoms with Crippen molar-refractivity contribution in [3.8, 4) is 11.6 Å². The molecule has 0 saturated heterocycles. The third kappa shape index (κ3) is 5.99. The van der Waals surface area contributed by atoms with E-state index in [1.165, 1.54) is 12.3 Å². The number of carbonyl (C=O) groups excluding carboxylic acids is 1. The molecule has 0 fully saturated rings. The number of rotatable bonds is 10. The molecule has 6 N–H and O–H groups in total. The molecule has 0 radical (unpaired) electrons. The first kappa shape index (κ1) is 22.6. The predicted octanol–water partition coefficient (Wildman–Crippen LogP) is 2.15. The standard InChI is InChI=1S/C22H25N5O5/c1-3-18(20-13(2)26-22(30)27-20)31-12-16(28)11-24-15-5-7-17(8-6-15)32-19-9-4-14(10-25-19)21(23)29/h3-10,16,24,28H,11-12H2,1-2H3,(H2,23,29)(H2,26,27,30)/b18-3+. The average molecular weight is 439 g/mol. The van der Waals surface area contributed by atoms with E-state index in [0.717, 1.165) is 5.69 Å². The minimum Gasteiger partial charge on any atom is -0.489 e. The summed E-state index contributed by atoms with van der Waals surface area (Å²) in [6.45, 7) is 3.86. The molecule has 1 unspecified atom stereocenters. The van der Waals surface area contributed by atoms with Gasteiger partial charge in [0.1, 0.15) is 29.9 Å². The summed E-state index contributed by atoms with van der Waals surface area (Å²) in [6.07, 6.45) is 2.30. The molecule has 168 valence electrons. The summed E-state index contributed by atoms with van der Waals surface area (Å²) in [5, 5.41) is 13.3. The van der Waals surface area contributed by atoms with Crippen molar-refractivity contribution in [3.63, 3.8) is 0 Å². The quantitative estimate of drug-likeness (QED) is 0.303. The minimum atomic E-state index is -0.778. The van der Waals surface area contributed by atoms with Crippen LogP contribution < -0.4 is 21.5 Å². The minimum absolute atomic E-state index is 0.0491. The fourth-order valence-electron chi connectivity index (χ4n) is 2.85. The van der Waals surface area contributed by atoms with E-state index in [2.05, 4.69) is 20.3 Å². The van der Waals surface area contributed by atoms with E-state index in [0.29, 0.717) is 34.3 Å². The van der Waals surface area contributed by atoms with Gasteiger partial charge in [-0.3, -0.25) is 4.79 Å². The van der Waals surface area contributed by atoms with E-state index >= 15 is 0 Å². The van der Waals surface area contributed by atoms with Gasteiger partial charge in [-0.2, -0.15) is 0 Å². The van der Waals surface area contributed by atoms with Gasteiger partial charge < -0.3 is 35.6 Å². The van der Waals surface area contributed by atoms with Gasteiger partial charge in [0.2, 0.25) is 11.8 Å². The average Bonchev–Trinajstić information content (AvgIpc) is 3.12. The number of aromatic nitrogens is 3. The zero-order valence-electron chi connectivity index (χ0n) is 17.7. The van der Waals surface area contributed by atoms with E-state index in [1.807, 2.05) is 0 Å². The Labute approximate surface area is 184 Å². The van der Waals surface area contributed by atoms with Crippen molar-refractivity contribution in [2.75, 3.05) is 18.5 Å². The Morgan fingerprint density at radius 3 is 2.56 bits per heavy atom. The number of ether oxygens (including phenoxy) is 2. The molecule has 1 aromatic carbocycles. The molecular formula is C22H25N5O5. The number of aliphatic hydroxyl groups is 1. The molecule has 2 heterocycles. The number of nitrogens with two attached hydrogens (primary N) is 1. The first-order valence-corrected chi connectivity index (χ1v) is 9.89. The normalized spacial score (nSPS) is 12.3. The zero-order chi connectivity index (χ0) is 23.1. The van der Waals surface area contributed by atoms with Crippen molar-refractivity contribution in [2.45, 2.75) is 20.0 Å². The largest absolute Gasteiger partial charge is 0.489 e. The number of amides is 1. The number of nitrogens with zero attached hydrogens (tertiary/aromatic N) is 1. The third-order valence-electron chi connectivity index (χ3n) is 4.49. The molecule has 1 atom stereocenters. The maximum Gasteiger partial charge on any atom is 0.323 e. The van der Waals surface area contributed by atoms with E-state index < -0.39 is 12.0 Å². The van der Waals surface area contributed by atoms with Gasteiger partial charge in [0.15, 0.2) is 0 Å². The van der Waals surface area contributed by atoms with E-state index in [4.69, 9.17) is 15.2 Å². The molecule has 3 aromatic rings. The third-order valence-corrected chi connectivity index (χ3v) is 4.49. The van der Waals surface area contributed by atoms with Gasteiger partial charge in [-0.15, -0.1) is 0 Å². The summed E-state index contributed by atoms with van der Waals surface area (Å²) in [7, 11) is 0. The van der Waals surface area contributed by atoms with Crippen molar-refractivity contribution in [1.29, 1.82) is 0 Å². The Bertz CT molecular complexity index is 1130. The summed E-state index contributed by atoms with van der Waals surface area (Å²) in [4.78, 5) is 31.8. The molecule has 0 spiro atoms. The molecule has 10 heteroatoms. The highest BCUT2D eigenvalue weighted by Gasteiger charge is 2.12. The van der Waals surface area contributed by atoms with Crippen LogP contribution in [0.4, 0.5) is 5.69 Å². The van der Waals surface area contributed by atoms with E-state index in [1.54, 1.807) is 50.3 Å². The van der Waals surface area contributed by atoms with Crippen LogP contribution in [0.1, 0.15) is 28.7 Å². The Morgan fingerprint density at radius 2 is 2.00 bits per heavy atom. The first-order chi connectivity index (χ1) is 15.4. The van der Waals surface area contributed by atoms with Crippen molar-refractivity contribution in [1.82, 2.24) is 15.0 Å². The SMILES string of the molecule is C/C=C(/OCC(O)CNc1ccc(Oc2ccc(C(N)=O)cn2)cc1)c1[nH]c(=O)[nH]c1C. The lowest BCUT2D eigenvalue weighted by molar-refractivity contribution is 0.0999. The van der Waals surface area contributed by atoms with Crippen LogP contribution in [0, 0.1) is 6.92 Å². The number of H-pyrrole nitrogens is 2. The molecule has 1 amide bonds. The van der Waals surface area contributed by atoms with Crippen LogP contribution in [-0.2, 0) is 4.74 Å². The monoisotopic (exact) mass is 439 g/mol. The van der Waals surface area contributed by atoms with Crippen molar-refractivity contribution in [3.05, 3.63) is 76.1 Å². The van der Waals surface area contributed by atoms with Crippen molar-refractivity contribution >= 4 is 17.4 Å². The van der Waals surface area contributed by atoms with Crippen LogP contribution in [0.3, 0.4) is 0 Å². The Morgan fingerprint density at radius 1 is 1.25 bits per heavy atom. The summed E-state index contributed by atoms with van der Waals surface area (Å²) in [5.74, 6) is 0.830. The highest BCUT2D eigenvalue weighted by atomic mass is 16.5. The van der Waals surface area contributed by atoms with Gasteiger partial charge in [0.05, 0.1) is 5.56 Å². The molecule has 0 bridgehead atoms. The number of aliphatic hydroxyl groups excluding tert-OH is 1. The van der Waals surface area contributed by atoms with Crippen LogP contribution in [0.15, 0.2) is 53.5 Å². The second kappa shape index (κ2) is 10.3. The first-order valence-electron chi connectivity index (χ1n) is 9.89. The molecule has 0 aliphatic rings. The van der Waals surface area contributed by atoms with Crippen LogP contribution in [0.2, 0.25) is 0 Å². The molecule has 0 aliphatic heterocycles. The number of hydrogen-bond donors (Lipinski definition) is 5. The number of imidazole rings is 1. The number of aryl methyl sites for hydroxylation is 1. The maximum atomic E-state index is 11.4. The van der Waals surface area contributed by atoms with Crippen LogP contribution in [0.25, 0.3) is 5.76 Å². The summed E-state index contributed by atoms with van der Waals surface area (Å²) in [5.41, 5.74) is 7.19. The molecule has 3 rings (SSSR count). The fourth-order valence-corrected chi connectivity index (χ4v) is 2.85. The summed E-state index contributed by atoms with van der Waals surface area (Å²) >= 11 is 0. The lowest BCUT2D eigenvalue weighted by Crippen LogP contribution is -2.24. The van der Waals surface area contributed by atoms with E-state index in [9.17, 15) is 14.7 Å². The predicted molar refractivity (Wildman–Crippen MR) is 120 cm³/mol. The molecule has 0 aliphatic carbocycles. The number of carbonyl (C=O) groups is 1. The van der Waals surface area contributed by atoms with Crippen molar-refractivity contribution < 1.29 is 19.4 Å². The smallest absolute Gasteiger partial charge is 0.323 e. The molecule has 10 nitrogen and oxygen atoms in total. The molecule has 0 saturated carbocycles. The molecule has 32 heavy (non-hydrogen) atoms. The number of allylic oxidation sites excluding steroid dienone is 1. The number of pyridine rings is 1. The Kier molecular flexibility index (Phi) is 7.29.